The minimum atomic E-state index is -0.865. The molecule has 0 amide bonds. The van der Waals surface area contributed by atoms with Gasteiger partial charge in [0.05, 0.1) is 16.1 Å². The van der Waals surface area contributed by atoms with E-state index < -0.39 is 16.1 Å². The van der Waals surface area contributed by atoms with Crippen LogP contribution < -0.4 is 10.6 Å². The Morgan fingerprint density at radius 3 is 1.93 bits per heavy atom. The lowest BCUT2D eigenvalue weighted by Crippen LogP contribution is -2.39. The van der Waals surface area contributed by atoms with E-state index >= 15 is 0 Å². The quantitative estimate of drug-likeness (QED) is 0.410. The van der Waals surface area contributed by atoms with Gasteiger partial charge in [0.25, 0.3) is 0 Å². The average molecular weight is 393 g/mol. The highest BCUT2D eigenvalue weighted by atomic mass is 16.6. The molecule has 2 aliphatic carbocycles. The van der Waals surface area contributed by atoms with Crippen LogP contribution in [0.4, 0.5) is 17.5 Å². The maximum atomic E-state index is 11.5. The Balaban J connectivity index is 1.74. The third-order valence-electron chi connectivity index (χ3n) is 5.97. The molecular weight excluding hydrogens is 362 g/mol. The van der Waals surface area contributed by atoms with E-state index in [2.05, 4.69) is 20.6 Å². The predicted octanol–water partition coefficient (Wildman–Crippen LogP) is 2.91. The van der Waals surface area contributed by atoms with Crippen molar-refractivity contribution >= 4 is 17.5 Å². The largest absolute Gasteiger partial charge is 0.388 e. The van der Waals surface area contributed by atoms with E-state index in [0.29, 0.717) is 19.4 Å². The van der Waals surface area contributed by atoms with Crippen LogP contribution in [0.1, 0.15) is 69.9 Å². The van der Waals surface area contributed by atoms with Crippen LogP contribution in [0.15, 0.2) is 0 Å². The summed E-state index contributed by atoms with van der Waals surface area (Å²) in [4.78, 5) is 19.5. The monoisotopic (exact) mass is 393 g/mol. The van der Waals surface area contributed by atoms with Gasteiger partial charge in [-0.3, -0.25) is 10.1 Å². The smallest absolute Gasteiger partial charge is 0.332 e. The molecule has 0 unspecified atom stereocenters. The number of aryl methyl sites for hydroxylation is 1. The average Bonchev–Trinajstić information content (AvgIpc) is 2.65. The topological polar surface area (TPSA) is 133 Å². The van der Waals surface area contributed by atoms with Crippen LogP contribution in [0.5, 0.6) is 0 Å². The Morgan fingerprint density at radius 1 is 0.929 bits per heavy atom. The van der Waals surface area contributed by atoms with Crippen LogP contribution >= 0.6 is 0 Å². The normalized spacial score (nSPS) is 21.1. The lowest BCUT2D eigenvalue weighted by molar-refractivity contribution is -0.385. The van der Waals surface area contributed by atoms with Gasteiger partial charge in [-0.2, -0.15) is 4.98 Å². The summed E-state index contributed by atoms with van der Waals surface area (Å²) in [5, 5.41) is 38.9. The standard InChI is InChI=1S/C19H31N5O4/c1-14-15(24(27)28)16(20-12-18(25)8-4-2-5-9-18)23-17(22-14)21-13-19(26)10-6-3-7-11-19/h25-26H,2-13H2,1H3,(H2,20,21,22,23). The molecule has 3 rings (SSSR count). The summed E-state index contributed by atoms with van der Waals surface area (Å²) >= 11 is 0. The van der Waals surface area contributed by atoms with E-state index in [1.54, 1.807) is 6.92 Å². The number of nitrogens with one attached hydrogen (secondary N) is 2. The van der Waals surface area contributed by atoms with Crippen molar-refractivity contribution in [3.8, 4) is 0 Å². The first-order valence-corrected chi connectivity index (χ1v) is 10.3. The number of hydrogen-bond donors (Lipinski definition) is 4. The van der Waals surface area contributed by atoms with Crippen molar-refractivity contribution in [3.05, 3.63) is 15.8 Å². The van der Waals surface area contributed by atoms with E-state index in [1.807, 2.05) is 0 Å². The molecule has 9 heteroatoms. The van der Waals surface area contributed by atoms with E-state index in [0.717, 1.165) is 51.4 Å². The summed E-state index contributed by atoms with van der Waals surface area (Å²) in [6, 6.07) is 0. The van der Waals surface area contributed by atoms with Gasteiger partial charge < -0.3 is 20.8 Å². The van der Waals surface area contributed by atoms with Crippen molar-refractivity contribution in [3.63, 3.8) is 0 Å². The van der Waals surface area contributed by atoms with Crippen LogP contribution in [0.2, 0.25) is 0 Å². The van der Waals surface area contributed by atoms with Gasteiger partial charge in [-0.25, -0.2) is 4.98 Å². The zero-order valence-corrected chi connectivity index (χ0v) is 16.5. The molecule has 9 nitrogen and oxygen atoms in total. The zero-order chi connectivity index (χ0) is 20.2. The van der Waals surface area contributed by atoms with Gasteiger partial charge in [0.2, 0.25) is 11.8 Å². The van der Waals surface area contributed by atoms with Crippen molar-refractivity contribution < 1.29 is 15.1 Å². The van der Waals surface area contributed by atoms with Gasteiger partial charge >= 0.3 is 5.69 Å². The Hall–Kier alpha value is -2.00. The molecule has 0 aromatic carbocycles. The van der Waals surface area contributed by atoms with Crippen molar-refractivity contribution in [2.24, 2.45) is 0 Å². The van der Waals surface area contributed by atoms with Crippen molar-refractivity contribution in [1.29, 1.82) is 0 Å². The van der Waals surface area contributed by atoms with Crippen LogP contribution in [-0.4, -0.2) is 49.4 Å². The predicted molar refractivity (Wildman–Crippen MR) is 106 cm³/mol. The minimum Gasteiger partial charge on any atom is -0.388 e. The second-order valence-electron chi connectivity index (χ2n) is 8.36. The maximum absolute atomic E-state index is 11.5. The Morgan fingerprint density at radius 2 is 1.43 bits per heavy atom. The molecule has 156 valence electrons. The molecule has 0 saturated heterocycles. The molecule has 1 aromatic rings. The molecule has 0 spiro atoms. The Bertz CT molecular complexity index is 700. The molecule has 2 aliphatic rings. The highest BCUT2D eigenvalue weighted by molar-refractivity contribution is 5.61. The lowest BCUT2D eigenvalue weighted by Gasteiger charge is -2.32. The van der Waals surface area contributed by atoms with E-state index in [1.165, 1.54) is 0 Å². The molecule has 1 heterocycles. The van der Waals surface area contributed by atoms with E-state index in [-0.39, 0.29) is 29.7 Å². The second-order valence-corrected chi connectivity index (χ2v) is 8.36. The van der Waals surface area contributed by atoms with E-state index in [4.69, 9.17) is 0 Å². The molecule has 28 heavy (non-hydrogen) atoms. The number of nitro groups is 1. The first kappa shape index (κ1) is 20.7. The van der Waals surface area contributed by atoms with Gasteiger partial charge in [0.15, 0.2) is 0 Å². The molecule has 2 saturated carbocycles. The molecule has 0 aliphatic heterocycles. The highest BCUT2D eigenvalue weighted by Crippen LogP contribution is 2.32. The van der Waals surface area contributed by atoms with Crippen LogP contribution in [0, 0.1) is 17.0 Å². The summed E-state index contributed by atoms with van der Waals surface area (Å²) < 4.78 is 0. The van der Waals surface area contributed by atoms with Gasteiger partial charge in [-0.05, 0) is 32.6 Å². The van der Waals surface area contributed by atoms with Crippen molar-refractivity contribution in [1.82, 2.24) is 9.97 Å². The number of anilines is 2. The van der Waals surface area contributed by atoms with Crippen molar-refractivity contribution in [2.45, 2.75) is 82.3 Å². The number of nitrogens with zero attached hydrogens (tertiary/aromatic N) is 3. The third-order valence-corrected chi connectivity index (χ3v) is 5.97. The minimum absolute atomic E-state index is 0.106. The van der Waals surface area contributed by atoms with Gasteiger partial charge in [-0.15, -0.1) is 0 Å². The van der Waals surface area contributed by atoms with Gasteiger partial charge in [0, 0.05) is 13.1 Å². The first-order valence-electron chi connectivity index (χ1n) is 10.3. The molecule has 4 N–H and O–H groups in total. The summed E-state index contributed by atoms with van der Waals surface area (Å²) in [6.45, 7) is 2.10. The van der Waals surface area contributed by atoms with Gasteiger partial charge in [-0.1, -0.05) is 38.5 Å². The van der Waals surface area contributed by atoms with Crippen LogP contribution in [0.25, 0.3) is 0 Å². The lowest BCUT2D eigenvalue weighted by atomic mass is 9.85. The fourth-order valence-electron chi connectivity index (χ4n) is 4.25. The van der Waals surface area contributed by atoms with Crippen LogP contribution in [-0.2, 0) is 0 Å². The Labute approximate surface area is 165 Å². The fourth-order valence-corrected chi connectivity index (χ4v) is 4.25. The fraction of sp³-hybridized carbons (Fsp3) is 0.789. The summed E-state index contributed by atoms with van der Waals surface area (Å²) in [6.07, 6.45) is 8.93. The number of rotatable bonds is 7. The molecular formula is C19H31N5O4. The molecule has 0 bridgehead atoms. The zero-order valence-electron chi connectivity index (χ0n) is 16.5. The van der Waals surface area contributed by atoms with Crippen molar-refractivity contribution in [2.75, 3.05) is 23.7 Å². The summed E-state index contributed by atoms with van der Waals surface area (Å²) in [7, 11) is 0. The molecule has 2 fully saturated rings. The molecule has 1 aromatic heterocycles. The summed E-state index contributed by atoms with van der Waals surface area (Å²) in [5.74, 6) is 0.356. The number of aliphatic hydroxyl groups is 2. The van der Waals surface area contributed by atoms with E-state index in [9.17, 15) is 20.3 Å². The molecule has 0 radical (unpaired) electrons. The highest BCUT2D eigenvalue weighted by Gasteiger charge is 2.32. The number of aromatic nitrogens is 2. The maximum Gasteiger partial charge on any atom is 0.332 e. The molecule has 0 atom stereocenters. The number of hydrogen-bond acceptors (Lipinski definition) is 8. The second kappa shape index (κ2) is 8.57. The Kier molecular flexibility index (Phi) is 6.34. The summed E-state index contributed by atoms with van der Waals surface area (Å²) in [5.41, 5.74) is -1.59. The van der Waals surface area contributed by atoms with Gasteiger partial charge in [0.1, 0.15) is 5.69 Å². The third kappa shape index (κ3) is 5.08. The van der Waals surface area contributed by atoms with Crippen LogP contribution in [0.3, 0.4) is 0 Å². The first-order chi connectivity index (χ1) is 13.3. The SMILES string of the molecule is Cc1nc(NCC2(O)CCCCC2)nc(NCC2(O)CCCCC2)c1[N+](=O)[O-].